The van der Waals surface area contributed by atoms with Gasteiger partial charge in [0.2, 0.25) is 0 Å². The smallest absolute Gasteiger partial charge is 0.0572 e. The molecular formula is C64H60N2. The van der Waals surface area contributed by atoms with Gasteiger partial charge in [0.1, 0.15) is 0 Å². The van der Waals surface area contributed by atoms with Crippen molar-refractivity contribution in [1.29, 1.82) is 0 Å². The summed E-state index contributed by atoms with van der Waals surface area (Å²) in [6, 6.07) is 45.8. The number of hydrogen-bond donors (Lipinski definition) is 0. The van der Waals surface area contributed by atoms with Gasteiger partial charge in [-0.05, 0) is 128 Å². The number of allylic oxidation sites excluding steroid dienone is 19. The summed E-state index contributed by atoms with van der Waals surface area (Å²) >= 11 is 0. The molecule has 0 fully saturated rings. The number of aryl methyl sites for hydroxylation is 1. The summed E-state index contributed by atoms with van der Waals surface area (Å²) in [5.41, 5.74) is 17.2. The van der Waals surface area contributed by atoms with E-state index in [2.05, 4.69) is 236 Å². The van der Waals surface area contributed by atoms with Crippen LogP contribution in [-0.2, 0) is 6.42 Å². The fourth-order valence-electron chi connectivity index (χ4n) is 8.98. The quantitative estimate of drug-likeness (QED) is 0.121. The van der Waals surface area contributed by atoms with E-state index in [1.807, 2.05) is 43.3 Å². The molecule has 2 heterocycles. The molecule has 66 heavy (non-hydrogen) atoms. The maximum atomic E-state index is 2.53. The molecule has 0 unspecified atom stereocenters. The second kappa shape index (κ2) is 22.3. The Labute approximate surface area is 392 Å². The lowest BCUT2D eigenvalue weighted by molar-refractivity contribution is 0.888. The average molecular weight is 857 g/mol. The SMILES string of the molecule is C/C=C\C=C/CC=Cc1cc(-c2ccccc2)cc(-n2c3c(c4cc(/C(=C/CC)c5c(C)c6ccccc6n5C5=C/C(C)=C\C=C/C=C\C=C\C=C\5)ccc42)C=CCC3)c1.c1ccccc1. The van der Waals surface area contributed by atoms with Crippen molar-refractivity contribution in [2.45, 2.75) is 53.4 Å². The number of benzene rings is 5. The van der Waals surface area contributed by atoms with E-state index in [9.17, 15) is 0 Å². The molecule has 9 rings (SSSR count). The zero-order chi connectivity index (χ0) is 45.5. The highest BCUT2D eigenvalue weighted by Crippen LogP contribution is 2.41. The van der Waals surface area contributed by atoms with E-state index in [1.165, 1.54) is 83.4 Å². The molecule has 5 aromatic carbocycles. The summed E-state index contributed by atoms with van der Waals surface area (Å²) in [6.45, 7) is 8.76. The first-order chi connectivity index (χ1) is 32.6. The first-order valence-electron chi connectivity index (χ1n) is 23.4. The maximum Gasteiger partial charge on any atom is 0.0572 e. The van der Waals surface area contributed by atoms with Gasteiger partial charge in [-0.3, -0.25) is 0 Å². The monoisotopic (exact) mass is 856 g/mol. The molecule has 0 N–H and O–H groups in total. The Morgan fingerprint density at radius 3 is 2.12 bits per heavy atom. The highest BCUT2D eigenvalue weighted by atomic mass is 15.0. The van der Waals surface area contributed by atoms with Crippen LogP contribution in [-0.4, -0.2) is 9.13 Å². The molecule has 0 aliphatic heterocycles. The van der Waals surface area contributed by atoms with Crippen LogP contribution in [0.5, 0.6) is 0 Å². The van der Waals surface area contributed by atoms with E-state index in [0.29, 0.717) is 0 Å². The second-order valence-electron chi connectivity index (χ2n) is 16.6. The van der Waals surface area contributed by atoms with Crippen LogP contribution < -0.4 is 0 Å². The van der Waals surface area contributed by atoms with Crippen LogP contribution in [0.15, 0.2) is 236 Å². The van der Waals surface area contributed by atoms with Gasteiger partial charge in [-0.15, -0.1) is 0 Å². The molecule has 2 heteroatoms. The largest absolute Gasteiger partial charge is 0.313 e. The van der Waals surface area contributed by atoms with Crippen molar-refractivity contribution in [3.05, 3.63) is 270 Å². The van der Waals surface area contributed by atoms with E-state index >= 15 is 0 Å². The number of aromatic nitrogens is 2. The van der Waals surface area contributed by atoms with E-state index in [0.717, 1.165) is 31.4 Å². The number of nitrogens with zero attached hydrogens (tertiary/aromatic N) is 2. The molecule has 2 aliphatic carbocycles. The van der Waals surface area contributed by atoms with E-state index < -0.39 is 0 Å². The third-order valence-corrected chi connectivity index (χ3v) is 12.0. The molecule has 2 aliphatic rings. The molecule has 0 radical (unpaired) electrons. The van der Waals surface area contributed by atoms with Gasteiger partial charge >= 0.3 is 0 Å². The molecule has 0 saturated carbocycles. The van der Waals surface area contributed by atoms with Crippen molar-refractivity contribution >= 4 is 45.2 Å². The molecule has 7 aromatic rings. The van der Waals surface area contributed by atoms with Crippen molar-refractivity contribution in [3.63, 3.8) is 0 Å². The third-order valence-electron chi connectivity index (χ3n) is 12.0. The molecule has 0 spiro atoms. The zero-order valence-corrected chi connectivity index (χ0v) is 38.8. The highest BCUT2D eigenvalue weighted by Gasteiger charge is 2.24. The van der Waals surface area contributed by atoms with Crippen LogP contribution in [0.1, 0.15) is 73.7 Å². The molecule has 0 atom stereocenters. The normalized spacial score (nSPS) is 17.7. The zero-order valence-electron chi connectivity index (χ0n) is 38.8. The summed E-state index contributed by atoms with van der Waals surface area (Å²) < 4.78 is 5.01. The first kappa shape index (κ1) is 44.9. The molecule has 326 valence electrons. The lowest BCUT2D eigenvalue weighted by Crippen LogP contribution is -2.04. The Morgan fingerprint density at radius 2 is 1.35 bits per heavy atom. The lowest BCUT2D eigenvalue weighted by atomic mass is 9.95. The minimum atomic E-state index is 0.882. The van der Waals surface area contributed by atoms with Gasteiger partial charge in [0.15, 0.2) is 0 Å². The number of para-hydroxylation sites is 1. The number of hydrogen-bond acceptors (Lipinski definition) is 0. The second-order valence-corrected chi connectivity index (χ2v) is 16.6. The Kier molecular flexibility index (Phi) is 15.2. The minimum absolute atomic E-state index is 0.882. The third kappa shape index (κ3) is 10.5. The molecule has 0 bridgehead atoms. The first-order valence-corrected chi connectivity index (χ1v) is 23.4. The maximum absolute atomic E-state index is 2.53. The van der Waals surface area contributed by atoms with Crippen LogP contribution in [0.2, 0.25) is 0 Å². The molecule has 0 amide bonds. The van der Waals surface area contributed by atoms with E-state index in [1.54, 1.807) is 0 Å². The minimum Gasteiger partial charge on any atom is -0.313 e. The van der Waals surface area contributed by atoms with Crippen LogP contribution in [0, 0.1) is 6.92 Å². The predicted octanol–water partition coefficient (Wildman–Crippen LogP) is 17.6. The Morgan fingerprint density at radius 1 is 0.636 bits per heavy atom. The fourth-order valence-corrected chi connectivity index (χ4v) is 8.98. The Balaban J connectivity index is 0.000000914. The van der Waals surface area contributed by atoms with Crippen molar-refractivity contribution in [1.82, 2.24) is 9.13 Å². The Bertz CT molecular complexity index is 3110. The molecule has 2 aromatic heterocycles. The van der Waals surface area contributed by atoms with E-state index in [-0.39, 0.29) is 0 Å². The van der Waals surface area contributed by atoms with Crippen LogP contribution in [0.4, 0.5) is 0 Å². The van der Waals surface area contributed by atoms with Crippen LogP contribution in [0.3, 0.4) is 0 Å². The number of rotatable bonds is 10. The summed E-state index contributed by atoms with van der Waals surface area (Å²) in [4.78, 5) is 0. The summed E-state index contributed by atoms with van der Waals surface area (Å²) in [5.74, 6) is 0. The summed E-state index contributed by atoms with van der Waals surface area (Å²) in [6.07, 6.45) is 45.3. The Hall–Kier alpha value is -7.68. The van der Waals surface area contributed by atoms with Gasteiger partial charge < -0.3 is 9.13 Å². The summed E-state index contributed by atoms with van der Waals surface area (Å²) in [5, 5.41) is 2.55. The predicted molar refractivity (Wildman–Crippen MR) is 289 cm³/mol. The standard InChI is InChI=1S/C58H54N2.C6H6/c1-5-7-8-9-14-18-28-45-39-48(46-29-19-16-20-30-46)41-50(40-45)59-56-35-25-23-33-53(56)54-42-47(36-37-57(54)59)52(26-6-2)58-44(4)51-32-22-24-34-55(51)60(58)49-31-21-15-12-10-11-13-17-27-43(3)38-49;1-2-4-6-5-3-1/h5,7-13,15-24,26-34,36-42H,6,14,25,35H2,1-4H3;1-6H/b7-5-,9-8-,11-10-,12-10?,13-11?,15-12+,17-13-,21-15?,27-17?,28-18?,31-21+,43-27-,43-38?,49-31?,49-38+,52-26-;. The van der Waals surface area contributed by atoms with Gasteiger partial charge in [0.05, 0.1) is 16.7 Å². The van der Waals surface area contributed by atoms with Gasteiger partial charge in [-0.1, -0.05) is 201 Å². The average Bonchev–Trinajstić information content (AvgIpc) is 3.84. The van der Waals surface area contributed by atoms with E-state index in [4.69, 9.17) is 0 Å². The van der Waals surface area contributed by atoms with Crippen molar-refractivity contribution in [2.24, 2.45) is 0 Å². The highest BCUT2D eigenvalue weighted by molar-refractivity contribution is 6.00. The molecule has 2 nitrogen and oxygen atoms in total. The van der Waals surface area contributed by atoms with Gasteiger partial charge in [0.25, 0.3) is 0 Å². The molecule has 0 saturated heterocycles. The van der Waals surface area contributed by atoms with Gasteiger partial charge in [-0.25, -0.2) is 0 Å². The topological polar surface area (TPSA) is 9.86 Å². The fraction of sp³-hybridized carbons (Fsp3) is 0.125. The van der Waals surface area contributed by atoms with Gasteiger partial charge in [-0.2, -0.15) is 0 Å². The van der Waals surface area contributed by atoms with Crippen molar-refractivity contribution in [3.8, 4) is 16.8 Å². The number of fused-ring (bicyclic) bond motifs is 4. The van der Waals surface area contributed by atoms with Crippen LogP contribution >= 0.6 is 0 Å². The van der Waals surface area contributed by atoms with Crippen LogP contribution in [0.25, 0.3) is 62.0 Å². The van der Waals surface area contributed by atoms with Gasteiger partial charge in [0, 0.05) is 39.0 Å². The van der Waals surface area contributed by atoms with Crippen molar-refractivity contribution < 1.29 is 0 Å². The lowest BCUT2D eigenvalue weighted by Gasteiger charge is -2.18. The van der Waals surface area contributed by atoms with Crippen molar-refractivity contribution in [2.75, 3.05) is 0 Å². The molecular weight excluding hydrogens is 797 g/mol. The summed E-state index contributed by atoms with van der Waals surface area (Å²) in [7, 11) is 0.